The first-order valence-electron chi connectivity index (χ1n) is 7.97. The molecular weight excluding hydrogens is 293 g/mol. The van der Waals surface area contributed by atoms with E-state index in [4.69, 9.17) is 4.74 Å². The quantitative estimate of drug-likeness (QED) is 0.941. The van der Waals surface area contributed by atoms with Gasteiger partial charge >= 0.3 is 0 Å². The van der Waals surface area contributed by atoms with Gasteiger partial charge in [0.05, 0.1) is 13.2 Å². The van der Waals surface area contributed by atoms with E-state index in [2.05, 4.69) is 15.2 Å². The summed E-state index contributed by atoms with van der Waals surface area (Å²) < 4.78 is 19.4. The molecule has 0 aliphatic carbocycles. The molecule has 1 atom stereocenters. The summed E-state index contributed by atoms with van der Waals surface area (Å²) in [5, 5.41) is 3.41. The fourth-order valence-corrected chi connectivity index (χ4v) is 3.17. The fraction of sp³-hybridized carbons (Fsp3) is 0.389. The second-order valence-electron chi connectivity index (χ2n) is 5.71. The number of methoxy groups -OCH3 is 1. The molecule has 1 aliphatic heterocycles. The number of nitrogens with zero attached hydrogens (tertiary/aromatic N) is 2. The smallest absolute Gasteiger partial charge is 0.124 e. The highest BCUT2D eigenvalue weighted by Crippen LogP contribution is 2.35. The Bertz CT molecular complexity index is 627. The van der Waals surface area contributed by atoms with Gasteiger partial charge in [0, 0.05) is 37.6 Å². The van der Waals surface area contributed by atoms with Gasteiger partial charge < -0.3 is 10.1 Å². The van der Waals surface area contributed by atoms with Gasteiger partial charge in [-0.2, -0.15) is 0 Å². The average molecular weight is 315 g/mol. The number of benzene rings is 1. The standard InChI is InChI=1S/C18H22FN3O/c1-23-17-6-5-15(19)12-16(17)18(14-4-2-7-21-13-14)22-10-3-8-20-9-11-22/h2,4-7,12-13,18,20H,3,8-11H2,1H3. The predicted molar refractivity (Wildman–Crippen MR) is 88.1 cm³/mol. The minimum atomic E-state index is -0.248. The molecule has 1 unspecified atom stereocenters. The Morgan fingerprint density at radius 1 is 1.26 bits per heavy atom. The molecule has 2 aromatic rings. The molecule has 1 fully saturated rings. The molecule has 0 saturated carbocycles. The molecule has 0 spiro atoms. The van der Waals surface area contributed by atoms with Gasteiger partial charge in [-0.25, -0.2) is 4.39 Å². The Labute approximate surface area is 136 Å². The molecule has 1 saturated heterocycles. The normalized spacial score (nSPS) is 17.5. The first-order chi connectivity index (χ1) is 11.3. The van der Waals surface area contributed by atoms with Crippen LogP contribution in [0.15, 0.2) is 42.7 Å². The zero-order chi connectivity index (χ0) is 16.1. The van der Waals surface area contributed by atoms with Gasteiger partial charge in [0.25, 0.3) is 0 Å². The van der Waals surface area contributed by atoms with Crippen molar-refractivity contribution in [3.8, 4) is 5.75 Å². The van der Waals surface area contributed by atoms with E-state index < -0.39 is 0 Å². The Kier molecular flexibility index (Phi) is 5.20. The molecule has 5 heteroatoms. The largest absolute Gasteiger partial charge is 0.496 e. The van der Waals surface area contributed by atoms with Crippen LogP contribution in [0.2, 0.25) is 0 Å². The lowest BCUT2D eigenvalue weighted by atomic mass is 9.97. The summed E-state index contributed by atoms with van der Waals surface area (Å²) >= 11 is 0. The Morgan fingerprint density at radius 2 is 2.17 bits per heavy atom. The summed E-state index contributed by atoms with van der Waals surface area (Å²) in [7, 11) is 1.63. The molecule has 23 heavy (non-hydrogen) atoms. The maximum absolute atomic E-state index is 13.9. The van der Waals surface area contributed by atoms with Crippen LogP contribution < -0.4 is 10.1 Å². The predicted octanol–water partition coefficient (Wildman–Crippen LogP) is 2.61. The van der Waals surface area contributed by atoms with Crippen LogP contribution in [-0.2, 0) is 0 Å². The Balaban J connectivity index is 2.06. The summed E-state index contributed by atoms with van der Waals surface area (Å²) in [6, 6.07) is 8.62. The molecule has 1 N–H and O–H groups in total. The van der Waals surface area contributed by atoms with Crippen LogP contribution in [0, 0.1) is 5.82 Å². The highest BCUT2D eigenvalue weighted by Gasteiger charge is 2.26. The zero-order valence-corrected chi connectivity index (χ0v) is 13.3. The summed E-state index contributed by atoms with van der Waals surface area (Å²) in [6.45, 7) is 3.79. The topological polar surface area (TPSA) is 37.4 Å². The molecule has 1 aromatic heterocycles. The SMILES string of the molecule is COc1ccc(F)cc1C(c1cccnc1)N1CCCNCC1. The number of hydrogen-bond acceptors (Lipinski definition) is 4. The van der Waals surface area contributed by atoms with Gasteiger partial charge in [0.2, 0.25) is 0 Å². The van der Waals surface area contributed by atoms with Crippen LogP contribution in [0.25, 0.3) is 0 Å². The molecule has 3 rings (SSSR count). The van der Waals surface area contributed by atoms with E-state index in [0.29, 0.717) is 5.75 Å². The number of halogens is 1. The third-order valence-electron chi connectivity index (χ3n) is 4.23. The van der Waals surface area contributed by atoms with E-state index in [0.717, 1.165) is 43.7 Å². The number of ether oxygens (including phenoxy) is 1. The van der Waals surface area contributed by atoms with E-state index in [1.54, 1.807) is 25.4 Å². The van der Waals surface area contributed by atoms with Gasteiger partial charge in [-0.1, -0.05) is 6.07 Å². The van der Waals surface area contributed by atoms with Crippen molar-refractivity contribution in [1.82, 2.24) is 15.2 Å². The molecule has 1 aromatic carbocycles. The number of hydrogen-bond donors (Lipinski definition) is 1. The zero-order valence-electron chi connectivity index (χ0n) is 13.3. The highest BCUT2D eigenvalue weighted by atomic mass is 19.1. The van der Waals surface area contributed by atoms with Crippen molar-refractivity contribution < 1.29 is 9.13 Å². The van der Waals surface area contributed by atoms with Gasteiger partial charge in [-0.15, -0.1) is 0 Å². The van der Waals surface area contributed by atoms with Gasteiger partial charge in [-0.05, 0) is 42.8 Å². The molecule has 0 amide bonds. The van der Waals surface area contributed by atoms with Crippen LogP contribution in [0.1, 0.15) is 23.6 Å². The van der Waals surface area contributed by atoms with Gasteiger partial charge in [-0.3, -0.25) is 9.88 Å². The fourth-order valence-electron chi connectivity index (χ4n) is 3.17. The third-order valence-corrected chi connectivity index (χ3v) is 4.23. The molecule has 0 radical (unpaired) electrons. The number of nitrogens with one attached hydrogen (secondary N) is 1. The first kappa shape index (κ1) is 15.9. The van der Waals surface area contributed by atoms with Crippen molar-refractivity contribution in [2.45, 2.75) is 12.5 Å². The lowest BCUT2D eigenvalue weighted by molar-refractivity contribution is 0.235. The summed E-state index contributed by atoms with van der Waals surface area (Å²) in [6.07, 6.45) is 4.68. The monoisotopic (exact) mass is 315 g/mol. The minimum absolute atomic E-state index is 0.0609. The van der Waals surface area contributed by atoms with E-state index in [9.17, 15) is 4.39 Å². The van der Waals surface area contributed by atoms with Crippen LogP contribution in [0.5, 0.6) is 5.75 Å². The second kappa shape index (κ2) is 7.53. The highest BCUT2D eigenvalue weighted by molar-refractivity contribution is 5.41. The summed E-state index contributed by atoms with van der Waals surface area (Å²) in [5.74, 6) is 0.458. The van der Waals surface area contributed by atoms with Crippen molar-refractivity contribution in [2.75, 3.05) is 33.3 Å². The minimum Gasteiger partial charge on any atom is -0.496 e. The maximum atomic E-state index is 13.9. The average Bonchev–Trinajstić information content (AvgIpc) is 2.86. The molecule has 0 bridgehead atoms. The van der Waals surface area contributed by atoms with Crippen molar-refractivity contribution >= 4 is 0 Å². The second-order valence-corrected chi connectivity index (χ2v) is 5.71. The van der Waals surface area contributed by atoms with E-state index >= 15 is 0 Å². The van der Waals surface area contributed by atoms with Crippen LogP contribution in [0.4, 0.5) is 4.39 Å². The maximum Gasteiger partial charge on any atom is 0.124 e. The van der Waals surface area contributed by atoms with E-state index in [1.165, 1.54) is 6.07 Å². The van der Waals surface area contributed by atoms with Crippen LogP contribution in [0.3, 0.4) is 0 Å². The van der Waals surface area contributed by atoms with E-state index in [1.807, 2.05) is 18.3 Å². The number of pyridine rings is 1. The lowest BCUT2D eigenvalue weighted by Crippen LogP contribution is -2.33. The van der Waals surface area contributed by atoms with Crippen LogP contribution >= 0.6 is 0 Å². The van der Waals surface area contributed by atoms with Crippen molar-refractivity contribution in [1.29, 1.82) is 0 Å². The van der Waals surface area contributed by atoms with Crippen molar-refractivity contribution in [3.63, 3.8) is 0 Å². The molecular formula is C18H22FN3O. The molecule has 2 heterocycles. The molecule has 1 aliphatic rings. The van der Waals surface area contributed by atoms with Crippen LogP contribution in [-0.4, -0.2) is 43.2 Å². The Morgan fingerprint density at radius 3 is 2.96 bits per heavy atom. The molecule has 4 nitrogen and oxygen atoms in total. The lowest BCUT2D eigenvalue weighted by Gasteiger charge is -2.32. The molecule has 122 valence electrons. The van der Waals surface area contributed by atoms with Gasteiger partial charge in [0.15, 0.2) is 0 Å². The summed E-state index contributed by atoms with van der Waals surface area (Å²) in [5.41, 5.74) is 1.90. The first-order valence-corrected chi connectivity index (χ1v) is 7.97. The number of aromatic nitrogens is 1. The third kappa shape index (κ3) is 3.68. The Hall–Kier alpha value is -1.98. The summed E-state index contributed by atoms with van der Waals surface area (Å²) in [4.78, 5) is 6.62. The van der Waals surface area contributed by atoms with Crippen molar-refractivity contribution in [3.05, 3.63) is 59.7 Å². The van der Waals surface area contributed by atoms with Crippen molar-refractivity contribution in [2.24, 2.45) is 0 Å². The van der Waals surface area contributed by atoms with Gasteiger partial charge in [0.1, 0.15) is 11.6 Å². The number of rotatable bonds is 4. The van der Waals surface area contributed by atoms with E-state index in [-0.39, 0.29) is 11.9 Å².